The number of pyridine rings is 1. The van der Waals surface area contributed by atoms with Crippen LogP contribution in [0.25, 0.3) is 0 Å². The molecule has 1 aliphatic rings. The zero-order valence-corrected chi connectivity index (χ0v) is 16.6. The minimum absolute atomic E-state index is 0.534. The van der Waals surface area contributed by atoms with Gasteiger partial charge < -0.3 is 15.0 Å². The van der Waals surface area contributed by atoms with Crippen molar-refractivity contribution in [2.75, 3.05) is 24.6 Å². The Kier molecular flexibility index (Phi) is 8.14. The van der Waals surface area contributed by atoms with Crippen molar-refractivity contribution in [3.05, 3.63) is 53.7 Å². The Morgan fingerprint density at radius 3 is 2.61 bits per heavy atom. The molecule has 1 aromatic heterocycles. The summed E-state index contributed by atoms with van der Waals surface area (Å²) in [5.41, 5.74) is 2.46. The molecule has 0 saturated carbocycles. The lowest BCUT2D eigenvalue weighted by atomic mass is 10.2. The molecule has 0 aliphatic carbocycles. The molecular formula is C23H30N4O. The number of nitriles is 1. The average Bonchev–Trinajstić information content (AvgIpc) is 3.02. The summed E-state index contributed by atoms with van der Waals surface area (Å²) in [5, 5.41) is 12.1. The van der Waals surface area contributed by atoms with Crippen LogP contribution in [0.4, 0.5) is 5.82 Å². The van der Waals surface area contributed by atoms with Crippen LogP contribution in [0.2, 0.25) is 0 Å². The number of aromatic nitrogens is 1. The lowest BCUT2D eigenvalue weighted by Gasteiger charge is -2.21. The first-order valence-corrected chi connectivity index (χ1v) is 10.3. The predicted octanol–water partition coefficient (Wildman–Crippen LogP) is 4.43. The largest absolute Gasteiger partial charge is 0.494 e. The van der Waals surface area contributed by atoms with E-state index >= 15 is 0 Å². The SMILES string of the molecule is N#CCCCOc1cccc(CNCc2ccnc(N3CCCCCC3)c2)c1. The van der Waals surface area contributed by atoms with Crippen LogP contribution in [0, 0.1) is 11.3 Å². The molecule has 148 valence electrons. The highest BCUT2D eigenvalue weighted by Gasteiger charge is 2.11. The first-order valence-electron chi connectivity index (χ1n) is 10.3. The molecule has 5 heteroatoms. The second-order valence-electron chi connectivity index (χ2n) is 7.28. The van der Waals surface area contributed by atoms with E-state index < -0.39 is 0 Å². The maximum absolute atomic E-state index is 8.58. The highest BCUT2D eigenvalue weighted by atomic mass is 16.5. The fourth-order valence-corrected chi connectivity index (χ4v) is 3.48. The zero-order valence-electron chi connectivity index (χ0n) is 16.6. The Hall–Kier alpha value is -2.58. The fourth-order valence-electron chi connectivity index (χ4n) is 3.48. The van der Waals surface area contributed by atoms with Crippen LogP contribution >= 0.6 is 0 Å². The third-order valence-corrected chi connectivity index (χ3v) is 5.00. The molecule has 1 fully saturated rings. The summed E-state index contributed by atoms with van der Waals surface area (Å²) in [6.07, 6.45) is 8.41. The third-order valence-electron chi connectivity index (χ3n) is 5.00. The molecular weight excluding hydrogens is 348 g/mol. The van der Waals surface area contributed by atoms with Crippen molar-refractivity contribution in [1.82, 2.24) is 10.3 Å². The normalized spacial score (nSPS) is 14.3. The number of hydrogen-bond acceptors (Lipinski definition) is 5. The maximum Gasteiger partial charge on any atom is 0.128 e. The van der Waals surface area contributed by atoms with Crippen LogP contribution in [0.1, 0.15) is 49.7 Å². The number of anilines is 1. The van der Waals surface area contributed by atoms with Gasteiger partial charge in [0.25, 0.3) is 0 Å². The lowest BCUT2D eigenvalue weighted by Crippen LogP contribution is -2.25. The van der Waals surface area contributed by atoms with Crippen LogP contribution in [-0.2, 0) is 13.1 Å². The second-order valence-corrected chi connectivity index (χ2v) is 7.28. The van der Waals surface area contributed by atoms with Crippen molar-refractivity contribution in [3.8, 4) is 11.8 Å². The van der Waals surface area contributed by atoms with E-state index in [-0.39, 0.29) is 0 Å². The van der Waals surface area contributed by atoms with E-state index in [9.17, 15) is 0 Å². The summed E-state index contributed by atoms with van der Waals surface area (Å²) < 4.78 is 5.71. The summed E-state index contributed by atoms with van der Waals surface area (Å²) in [5.74, 6) is 1.97. The average molecular weight is 379 g/mol. The molecule has 1 saturated heterocycles. The predicted molar refractivity (Wildman–Crippen MR) is 112 cm³/mol. The van der Waals surface area contributed by atoms with Crippen LogP contribution in [0.5, 0.6) is 5.75 Å². The van der Waals surface area contributed by atoms with Crippen molar-refractivity contribution >= 4 is 5.82 Å². The van der Waals surface area contributed by atoms with Gasteiger partial charge in [0.15, 0.2) is 0 Å². The molecule has 5 nitrogen and oxygen atoms in total. The van der Waals surface area contributed by atoms with E-state index in [4.69, 9.17) is 10.00 Å². The highest BCUT2D eigenvalue weighted by Crippen LogP contribution is 2.18. The van der Waals surface area contributed by atoms with Crippen LogP contribution in [-0.4, -0.2) is 24.7 Å². The van der Waals surface area contributed by atoms with Gasteiger partial charge in [-0.15, -0.1) is 0 Å². The van der Waals surface area contributed by atoms with E-state index in [1.54, 1.807) is 0 Å². The van der Waals surface area contributed by atoms with Crippen LogP contribution in [0.15, 0.2) is 42.6 Å². The minimum atomic E-state index is 0.534. The summed E-state index contributed by atoms with van der Waals surface area (Å²) in [7, 11) is 0. The molecule has 28 heavy (non-hydrogen) atoms. The molecule has 3 rings (SSSR count). The number of hydrogen-bond donors (Lipinski definition) is 1. The minimum Gasteiger partial charge on any atom is -0.494 e. The first kappa shape index (κ1) is 20.2. The highest BCUT2D eigenvalue weighted by molar-refractivity contribution is 5.41. The Balaban J connectivity index is 1.48. The number of rotatable bonds is 9. The van der Waals surface area contributed by atoms with Gasteiger partial charge in [-0.2, -0.15) is 5.26 Å². The van der Waals surface area contributed by atoms with E-state index in [1.807, 2.05) is 18.3 Å². The summed E-state index contributed by atoms with van der Waals surface area (Å²) in [6.45, 7) is 4.42. The first-order chi connectivity index (χ1) is 13.8. The lowest BCUT2D eigenvalue weighted by molar-refractivity contribution is 0.312. The summed E-state index contributed by atoms with van der Waals surface area (Å²) in [6, 6.07) is 14.6. The fraction of sp³-hybridized carbons (Fsp3) is 0.478. The Labute approximate surface area is 168 Å². The molecule has 1 aliphatic heterocycles. The van der Waals surface area contributed by atoms with E-state index in [0.717, 1.165) is 44.2 Å². The van der Waals surface area contributed by atoms with Gasteiger partial charge in [-0.25, -0.2) is 4.98 Å². The van der Waals surface area contributed by atoms with Gasteiger partial charge in [-0.05, 0) is 54.7 Å². The second kappa shape index (κ2) is 11.3. The number of unbranched alkanes of at least 4 members (excludes halogenated alkanes) is 1. The van der Waals surface area contributed by atoms with Crippen molar-refractivity contribution in [1.29, 1.82) is 5.26 Å². The van der Waals surface area contributed by atoms with Gasteiger partial charge in [0, 0.05) is 38.8 Å². The van der Waals surface area contributed by atoms with Crippen molar-refractivity contribution in [2.24, 2.45) is 0 Å². The molecule has 1 aromatic carbocycles. The molecule has 0 radical (unpaired) electrons. The molecule has 0 amide bonds. The van der Waals surface area contributed by atoms with Crippen LogP contribution < -0.4 is 15.0 Å². The van der Waals surface area contributed by atoms with E-state index in [0.29, 0.717) is 13.0 Å². The monoisotopic (exact) mass is 378 g/mol. The summed E-state index contributed by atoms with van der Waals surface area (Å²) >= 11 is 0. The van der Waals surface area contributed by atoms with Crippen molar-refractivity contribution in [2.45, 2.75) is 51.6 Å². The van der Waals surface area contributed by atoms with Crippen LogP contribution in [0.3, 0.4) is 0 Å². The third kappa shape index (κ3) is 6.54. The number of benzene rings is 1. The number of nitrogens with zero attached hydrogens (tertiary/aromatic N) is 3. The van der Waals surface area contributed by atoms with Crippen molar-refractivity contribution in [3.63, 3.8) is 0 Å². The van der Waals surface area contributed by atoms with E-state index in [1.165, 1.54) is 36.8 Å². The molecule has 2 heterocycles. The Morgan fingerprint density at radius 2 is 1.82 bits per heavy atom. The topological polar surface area (TPSA) is 61.2 Å². The maximum atomic E-state index is 8.58. The smallest absolute Gasteiger partial charge is 0.128 e. The zero-order chi connectivity index (χ0) is 19.4. The van der Waals surface area contributed by atoms with E-state index in [2.05, 4.69) is 45.5 Å². The van der Waals surface area contributed by atoms with Gasteiger partial charge >= 0.3 is 0 Å². The van der Waals surface area contributed by atoms with Crippen molar-refractivity contribution < 1.29 is 4.74 Å². The molecule has 0 atom stereocenters. The molecule has 1 N–H and O–H groups in total. The quantitative estimate of drug-likeness (QED) is 0.654. The van der Waals surface area contributed by atoms with Gasteiger partial charge in [-0.1, -0.05) is 25.0 Å². The summed E-state index contributed by atoms with van der Waals surface area (Å²) in [4.78, 5) is 7.01. The number of ether oxygens (including phenoxy) is 1. The van der Waals surface area contributed by atoms with Gasteiger partial charge in [-0.3, -0.25) is 0 Å². The Bertz CT molecular complexity index is 763. The Morgan fingerprint density at radius 1 is 1.04 bits per heavy atom. The standard InChI is InChI=1S/C23H30N4O/c24-11-3-6-15-28-22-9-7-8-20(16-22)18-25-19-21-10-12-26-23(17-21)27-13-4-1-2-5-14-27/h7-10,12,16-17,25H,1-6,13-15,18-19H2. The molecule has 2 aromatic rings. The molecule has 0 unspecified atom stereocenters. The number of nitrogens with one attached hydrogen (secondary N) is 1. The molecule has 0 spiro atoms. The van der Waals surface area contributed by atoms with Gasteiger partial charge in [0.1, 0.15) is 11.6 Å². The van der Waals surface area contributed by atoms with Gasteiger partial charge in [0.05, 0.1) is 12.7 Å². The molecule has 0 bridgehead atoms. The van der Waals surface area contributed by atoms with Gasteiger partial charge in [0.2, 0.25) is 0 Å².